The largest absolute Gasteiger partial charge is 0.496 e. The van der Waals surface area contributed by atoms with Crippen LogP contribution in [0, 0.1) is 12.3 Å². The van der Waals surface area contributed by atoms with Gasteiger partial charge in [0.15, 0.2) is 5.96 Å². The zero-order chi connectivity index (χ0) is 23.2. The second kappa shape index (κ2) is 12.2. The third kappa shape index (κ3) is 6.32. The van der Waals surface area contributed by atoms with Crippen LogP contribution < -0.4 is 15.4 Å². The van der Waals surface area contributed by atoms with Gasteiger partial charge < -0.3 is 25.0 Å². The number of nitrogens with zero attached hydrogens (tertiary/aromatic N) is 2. The fraction of sp³-hybridized carbons (Fsp3) is 0.680. The van der Waals surface area contributed by atoms with E-state index in [2.05, 4.69) is 40.7 Å². The summed E-state index contributed by atoms with van der Waals surface area (Å²) in [7, 11) is 7.21. The highest BCUT2D eigenvalue weighted by Crippen LogP contribution is 2.40. The number of nitrogens with one attached hydrogen (secondary N) is 2. The highest BCUT2D eigenvalue weighted by atomic mass is 127. The number of aliphatic imine (C=N–C) groups is 1. The molecule has 2 N–H and O–H groups in total. The molecule has 0 spiro atoms. The molecule has 1 aliphatic carbocycles. The summed E-state index contributed by atoms with van der Waals surface area (Å²) in [4.78, 5) is 19.1. The molecule has 1 aromatic rings. The normalized spacial score (nSPS) is 19.4. The average molecular weight is 573 g/mol. The lowest BCUT2D eigenvalue weighted by Crippen LogP contribution is -2.52. The Kier molecular flexibility index (Phi) is 10.3. The number of carbonyl (C=O) groups excluding carboxylic acids is 1. The minimum atomic E-state index is -0.336. The van der Waals surface area contributed by atoms with Gasteiger partial charge in [-0.1, -0.05) is 30.5 Å². The molecule has 0 bridgehead atoms. The van der Waals surface area contributed by atoms with Gasteiger partial charge in [0.2, 0.25) is 5.91 Å². The molecule has 3 rings (SSSR count). The molecule has 186 valence electrons. The van der Waals surface area contributed by atoms with Crippen molar-refractivity contribution in [1.29, 1.82) is 0 Å². The van der Waals surface area contributed by atoms with Crippen molar-refractivity contribution in [2.75, 3.05) is 54.6 Å². The smallest absolute Gasteiger partial charge is 0.230 e. The highest BCUT2D eigenvalue weighted by molar-refractivity contribution is 14.0. The fourth-order valence-electron chi connectivity index (χ4n) is 5.26. The van der Waals surface area contributed by atoms with E-state index in [4.69, 9.17) is 9.47 Å². The van der Waals surface area contributed by atoms with Crippen LogP contribution in [0.25, 0.3) is 0 Å². The van der Waals surface area contributed by atoms with E-state index in [-0.39, 0.29) is 40.7 Å². The number of rotatable bonds is 7. The Hall–Kier alpha value is -1.55. The predicted octanol–water partition coefficient (Wildman–Crippen LogP) is 3.48. The van der Waals surface area contributed by atoms with Gasteiger partial charge in [0.05, 0.1) is 12.5 Å². The molecule has 8 heteroatoms. The van der Waals surface area contributed by atoms with Gasteiger partial charge in [0, 0.05) is 58.4 Å². The molecule has 33 heavy (non-hydrogen) atoms. The second-order valence-electron chi connectivity index (χ2n) is 9.56. The van der Waals surface area contributed by atoms with E-state index in [1.165, 1.54) is 11.1 Å². The molecule has 1 heterocycles. The minimum absolute atomic E-state index is 0. The number of halogens is 1. The van der Waals surface area contributed by atoms with Gasteiger partial charge in [-0.15, -0.1) is 24.0 Å². The van der Waals surface area contributed by atoms with Crippen molar-refractivity contribution in [3.05, 3.63) is 29.3 Å². The van der Waals surface area contributed by atoms with Crippen LogP contribution in [0.3, 0.4) is 0 Å². The third-order valence-corrected chi connectivity index (χ3v) is 7.21. The molecule has 1 amide bonds. The fourth-order valence-corrected chi connectivity index (χ4v) is 5.26. The molecule has 2 fully saturated rings. The summed E-state index contributed by atoms with van der Waals surface area (Å²) >= 11 is 0. The van der Waals surface area contributed by atoms with E-state index in [1.54, 1.807) is 19.1 Å². The first kappa shape index (κ1) is 27.7. The van der Waals surface area contributed by atoms with Crippen LogP contribution in [-0.4, -0.2) is 71.3 Å². The van der Waals surface area contributed by atoms with Gasteiger partial charge in [0.1, 0.15) is 5.75 Å². The molecule has 7 nitrogen and oxygen atoms in total. The lowest BCUT2D eigenvalue weighted by atomic mass is 9.73. The SMILES string of the molecule is CN=C(NCC1(C(=O)N(C)C)CCCC1)NCC1(c2cc(C)ccc2OC)CCOCC1.I. The van der Waals surface area contributed by atoms with Crippen LogP contribution in [0.15, 0.2) is 23.2 Å². The quantitative estimate of drug-likeness (QED) is 0.298. The Bertz CT molecular complexity index is 816. The average Bonchev–Trinajstić information content (AvgIpc) is 3.29. The van der Waals surface area contributed by atoms with E-state index in [0.717, 1.165) is 70.0 Å². The number of aryl methyl sites for hydroxylation is 1. The zero-order valence-corrected chi connectivity index (χ0v) is 23.2. The van der Waals surface area contributed by atoms with Crippen molar-refractivity contribution in [3.8, 4) is 5.75 Å². The lowest BCUT2D eigenvalue weighted by Gasteiger charge is -2.39. The molecule has 0 radical (unpaired) electrons. The topological polar surface area (TPSA) is 75.2 Å². The van der Waals surface area contributed by atoms with Crippen molar-refractivity contribution >= 4 is 35.8 Å². The van der Waals surface area contributed by atoms with Crippen molar-refractivity contribution in [3.63, 3.8) is 0 Å². The summed E-state index contributed by atoms with van der Waals surface area (Å²) in [6.07, 6.45) is 5.89. The second-order valence-corrected chi connectivity index (χ2v) is 9.56. The Morgan fingerprint density at radius 3 is 2.33 bits per heavy atom. The van der Waals surface area contributed by atoms with Gasteiger partial charge in [-0.25, -0.2) is 0 Å². The summed E-state index contributed by atoms with van der Waals surface area (Å²) in [5, 5.41) is 7.03. The first-order valence-electron chi connectivity index (χ1n) is 11.7. The molecular formula is C25H41IN4O3. The molecule has 0 atom stereocenters. The number of ether oxygens (including phenoxy) is 2. The standard InChI is InChI=1S/C25H40N4O3.HI/c1-19-8-9-21(31-5)20(16-19)24(12-14-32-15-13-24)17-27-23(26-2)28-18-25(10-6-7-11-25)22(30)29(3)4;/h8-9,16H,6-7,10-15,17-18H2,1-5H3,(H2,26,27,28);1H. The Balaban J connectivity index is 0.00000385. The van der Waals surface area contributed by atoms with Gasteiger partial charge in [-0.2, -0.15) is 0 Å². The Morgan fingerprint density at radius 2 is 1.76 bits per heavy atom. The number of guanidine groups is 1. The van der Waals surface area contributed by atoms with Crippen LogP contribution >= 0.6 is 24.0 Å². The van der Waals surface area contributed by atoms with E-state index >= 15 is 0 Å². The van der Waals surface area contributed by atoms with Crippen LogP contribution in [-0.2, 0) is 14.9 Å². The molecule has 1 saturated heterocycles. The van der Waals surface area contributed by atoms with E-state index in [9.17, 15) is 4.79 Å². The maximum absolute atomic E-state index is 12.9. The van der Waals surface area contributed by atoms with E-state index in [0.29, 0.717) is 6.54 Å². The molecule has 1 saturated carbocycles. The maximum atomic E-state index is 12.9. The predicted molar refractivity (Wildman–Crippen MR) is 144 cm³/mol. The van der Waals surface area contributed by atoms with Crippen LogP contribution in [0.5, 0.6) is 5.75 Å². The first-order valence-corrected chi connectivity index (χ1v) is 11.7. The summed E-state index contributed by atoms with van der Waals surface area (Å²) in [6, 6.07) is 6.39. The molecule has 1 aromatic carbocycles. The minimum Gasteiger partial charge on any atom is -0.496 e. The number of carbonyl (C=O) groups is 1. The zero-order valence-electron chi connectivity index (χ0n) is 20.8. The van der Waals surface area contributed by atoms with E-state index in [1.807, 2.05) is 14.1 Å². The molecule has 2 aliphatic rings. The summed E-state index contributed by atoms with van der Waals surface area (Å²) in [5.41, 5.74) is 2.01. The van der Waals surface area contributed by atoms with Crippen LogP contribution in [0.2, 0.25) is 0 Å². The van der Waals surface area contributed by atoms with Crippen molar-refractivity contribution < 1.29 is 14.3 Å². The van der Waals surface area contributed by atoms with Crippen molar-refractivity contribution in [2.24, 2.45) is 10.4 Å². The van der Waals surface area contributed by atoms with Crippen LogP contribution in [0.4, 0.5) is 0 Å². The third-order valence-electron chi connectivity index (χ3n) is 7.21. The maximum Gasteiger partial charge on any atom is 0.230 e. The number of benzene rings is 1. The first-order chi connectivity index (χ1) is 15.4. The Labute approximate surface area is 216 Å². The molecular weight excluding hydrogens is 531 g/mol. The lowest BCUT2D eigenvalue weighted by molar-refractivity contribution is -0.138. The summed E-state index contributed by atoms with van der Waals surface area (Å²) < 4.78 is 11.4. The number of hydrogen-bond acceptors (Lipinski definition) is 4. The molecule has 1 aliphatic heterocycles. The van der Waals surface area contributed by atoms with Gasteiger partial charge in [-0.05, 0) is 38.7 Å². The number of hydrogen-bond donors (Lipinski definition) is 2. The van der Waals surface area contributed by atoms with Gasteiger partial charge in [0.25, 0.3) is 0 Å². The van der Waals surface area contributed by atoms with Gasteiger partial charge in [-0.3, -0.25) is 9.79 Å². The molecule has 0 unspecified atom stereocenters. The highest BCUT2D eigenvalue weighted by Gasteiger charge is 2.42. The number of methoxy groups -OCH3 is 1. The van der Waals surface area contributed by atoms with Crippen molar-refractivity contribution in [1.82, 2.24) is 15.5 Å². The molecule has 0 aromatic heterocycles. The van der Waals surface area contributed by atoms with Crippen LogP contribution in [0.1, 0.15) is 49.7 Å². The van der Waals surface area contributed by atoms with Crippen molar-refractivity contribution in [2.45, 2.75) is 50.9 Å². The monoisotopic (exact) mass is 572 g/mol. The van der Waals surface area contributed by atoms with E-state index < -0.39 is 0 Å². The Morgan fingerprint density at radius 1 is 1.12 bits per heavy atom. The van der Waals surface area contributed by atoms with Gasteiger partial charge >= 0.3 is 0 Å². The number of amides is 1. The summed E-state index contributed by atoms with van der Waals surface area (Å²) in [5.74, 6) is 1.87. The summed E-state index contributed by atoms with van der Waals surface area (Å²) in [6.45, 7) is 4.90.